The average Bonchev–Trinajstić information content (AvgIpc) is 2.73. The van der Waals surface area contributed by atoms with Gasteiger partial charge in [0.1, 0.15) is 0 Å². The molecule has 0 heterocycles. The molecule has 0 bridgehead atoms. The molecule has 0 atom stereocenters. The van der Waals surface area contributed by atoms with Crippen molar-refractivity contribution >= 4 is 23.5 Å². The van der Waals surface area contributed by atoms with E-state index < -0.39 is 5.97 Å². The maximum atomic E-state index is 12.4. The Bertz CT molecular complexity index is 855. The summed E-state index contributed by atoms with van der Waals surface area (Å²) >= 11 is 0. The molecule has 3 N–H and O–H groups in total. The number of carboxylic acids is 1. The third-order valence-corrected chi connectivity index (χ3v) is 5.02. The van der Waals surface area contributed by atoms with Crippen LogP contribution in [0.15, 0.2) is 48.5 Å². The average molecular weight is 380 g/mol. The second kappa shape index (κ2) is 9.17. The van der Waals surface area contributed by atoms with E-state index in [1.54, 1.807) is 36.4 Å². The Morgan fingerprint density at radius 1 is 0.929 bits per heavy atom. The Hall–Kier alpha value is -3.15. The number of carboxylic acid groups (broad SMARTS) is 1. The molecule has 0 aromatic heterocycles. The fourth-order valence-corrected chi connectivity index (χ4v) is 3.40. The highest BCUT2D eigenvalue weighted by Gasteiger charge is 2.21. The Labute approximate surface area is 164 Å². The van der Waals surface area contributed by atoms with Crippen molar-refractivity contribution in [3.63, 3.8) is 0 Å². The van der Waals surface area contributed by atoms with Crippen LogP contribution in [0, 0.1) is 5.92 Å². The highest BCUT2D eigenvalue weighted by Crippen LogP contribution is 2.25. The van der Waals surface area contributed by atoms with Crippen LogP contribution < -0.4 is 10.6 Å². The third kappa shape index (κ3) is 5.19. The molecular formula is C22H24N2O4. The number of carbonyl (C=O) groups is 3. The Kier molecular flexibility index (Phi) is 6.42. The first-order valence-corrected chi connectivity index (χ1v) is 9.54. The van der Waals surface area contributed by atoms with Gasteiger partial charge in [-0.25, -0.2) is 4.79 Å². The van der Waals surface area contributed by atoms with Gasteiger partial charge in [0.2, 0.25) is 5.91 Å². The van der Waals surface area contributed by atoms with E-state index >= 15 is 0 Å². The summed E-state index contributed by atoms with van der Waals surface area (Å²) in [5.41, 5.74) is 2.09. The normalized spacial score (nSPS) is 14.3. The first kappa shape index (κ1) is 19.6. The quantitative estimate of drug-likeness (QED) is 0.710. The van der Waals surface area contributed by atoms with Gasteiger partial charge < -0.3 is 15.7 Å². The third-order valence-electron chi connectivity index (χ3n) is 5.02. The van der Waals surface area contributed by atoms with E-state index in [2.05, 4.69) is 10.6 Å². The van der Waals surface area contributed by atoms with Gasteiger partial charge in [0.05, 0.1) is 5.56 Å². The maximum absolute atomic E-state index is 12.4. The lowest BCUT2D eigenvalue weighted by molar-refractivity contribution is -0.120. The van der Waals surface area contributed by atoms with Crippen LogP contribution >= 0.6 is 0 Å². The van der Waals surface area contributed by atoms with Gasteiger partial charge in [-0.15, -0.1) is 0 Å². The molecule has 6 heteroatoms. The van der Waals surface area contributed by atoms with Crippen LogP contribution in [-0.4, -0.2) is 22.9 Å². The number of nitrogens with one attached hydrogen (secondary N) is 2. The number of hydrogen-bond donors (Lipinski definition) is 3. The maximum Gasteiger partial charge on any atom is 0.335 e. The second-order valence-corrected chi connectivity index (χ2v) is 7.09. The number of carbonyl (C=O) groups excluding carboxylic acids is 2. The molecule has 0 radical (unpaired) electrons. The molecule has 2 aromatic carbocycles. The number of anilines is 1. The zero-order chi connectivity index (χ0) is 19.9. The summed E-state index contributed by atoms with van der Waals surface area (Å²) in [6, 6.07) is 13.2. The molecule has 1 saturated carbocycles. The van der Waals surface area contributed by atoms with Crippen molar-refractivity contribution < 1.29 is 19.5 Å². The van der Waals surface area contributed by atoms with Crippen molar-refractivity contribution in [1.82, 2.24) is 5.32 Å². The molecular weight excluding hydrogens is 356 g/mol. The summed E-state index contributed by atoms with van der Waals surface area (Å²) in [4.78, 5) is 35.7. The van der Waals surface area contributed by atoms with Crippen LogP contribution in [0.1, 0.15) is 58.4 Å². The Balaban J connectivity index is 1.57. The molecule has 3 rings (SSSR count). The molecule has 6 nitrogen and oxygen atoms in total. The van der Waals surface area contributed by atoms with Gasteiger partial charge in [0.15, 0.2) is 0 Å². The molecule has 0 saturated heterocycles. The zero-order valence-corrected chi connectivity index (χ0v) is 15.6. The summed E-state index contributed by atoms with van der Waals surface area (Å²) < 4.78 is 0. The van der Waals surface area contributed by atoms with E-state index in [4.69, 9.17) is 5.11 Å². The molecule has 0 unspecified atom stereocenters. The van der Waals surface area contributed by atoms with Gasteiger partial charge in [-0.1, -0.05) is 37.5 Å². The van der Waals surface area contributed by atoms with E-state index in [1.807, 2.05) is 0 Å². The summed E-state index contributed by atoms with van der Waals surface area (Å²) in [5, 5.41) is 14.6. The SMILES string of the molecule is O=C(O)c1ccc(CNC(=O)c2cccc(NC(=O)C3CCCCC3)c2)cc1. The lowest BCUT2D eigenvalue weighted by atomic mass is 9.88. The summed E-state index contributed by atoms with van der Waals surface area (Å²) in [7, 11) is 0. The molecule has 0 aliphatic heterocycles. The smallest absolute Gasteiger partial charge is 0.335 e. The van der Waals surface area contributed by atoms with E-state index in [-0.39, 0.29) is 29.8 Å². The first-order chi connectivity index (χ1) is 13.5. The van der Waals surface area contributed by atoms with E-state index in [0.717, 1.165) is 31.2 Å². The van der Waals surface area contributed by atoms with Crippen molar-refractivity contribution in [3.8, 4) is 0 Å². The molecule has 1 fully saturated rings. The number of rotatable bonds is 6. The van der Waals surface area contributed by atoms with Gasteiger partial charge in [-0.3, -0.25) is 9.59 Å². The first-order valence-electron chi connectivity index (χ1n) is 9.54. The number of benzene rings is 2. The largest absolute Gasteiger partial charge is 0.478 e. The van der Waals surface area contributed by atoms with Crippen molar-refractivity contribution in [1.29, 1.82) is 0 Å². The van der Waals surface area contributed by atoms with Crippen LogP contribution in [0.5, 0.6) is 0 Å². The fraction of sp³-hybridized carbons (Fsp3) is 0.318. The molecule has 1 aliphatic carbocycles. The molecule has 28 heavy (non-hydrogen) atoms. The number of hydrogen-bond acceptors (Lipinski definition) is 3. The Morgan fingerprint density at radius 2 is 1.64 bits per heavy atom. The minimum Gasteiger partial charge on any atom is -0.478 e. The lowest BCUT2D eigenvalue weighted by Gasteiger charge is -2.20. The van der Waals surface area contributed by atoms with Crippen LogP contribution in [0.2, 0.25) is 0 Å². The van der Waals surface area contributed by atoms with Gasteiger partial charge >= 0.3 is 5.97 Å². The summed E-state index contributed by atoms with van der Waals surface area (Å²) in [6.07, 6.45) is 5.22. The molecule has 0 spiro atoms. The molecule has 1 aliphatic rings. The van der Waals surface area contributed by atoms with Gasteiger partial charge in [0, 0.05) is 23.7 Å². The number of aromatic carboxylic acids is 1. The van der Waals surface area contributed by atoms with Crippen molar-refractivity contribution in [3.05, 3.63) is 65.2 Å². The molecule has 2 aromatic rings. The van der Waals surface area contributed by atoms with Crippen molar-refractivity contribution in [2.24, 2.45) is 5.92 Å². The predicted molar refractivity (Wildman–Crippen MR) is 106 cm³/mol. The van der Waals surface area contributed by atoms with E-state index in [9.17, 15) is 14.4 Å². The standard InChI is InChI=1S/C22H24N2O4/c25-20(23-14-15-9-11-17(12-10-15)22(27)28)18-7-4-8-19(13-18)24-21(26)16-5-2-1-3-6-16/h4,7-13,16H,1-3,5-6,14H2,(H,23,25)(H,24,26)(H,27,28). The van der Waals surface area contributed by atoms with Crippen LogP contribution in [0.3, 0.4) is 0 Å². The minimum absolute atomic E-state index is 0.0239. The predicted octanol–water partition coefficient (Wildman–Crippen LogP) is 3.83. The number of amides is 2. The zero-order valence-electron chi connectivity index (χ0n) is 15.6. The second-order valence-electron chi connectivity index (χ2n) is 7.09. The highest BCUT2D eigenvalue weighted by atomic mass is 16.4. The van der Waals surface area contributed by atoms with Crippen molar-refractivity contribution in [2.75, 3.05) is 5.32 Å². The summed E-state index contributed by atoms with van der Waals surface area (Å²) in [6.45, 7) is 0.289. The Morgan fingerprint density at radius 3 is 2.32 bits per heavy atom. The van der Waals surface area contributed by atoms with Crippen LogP contribution in [-0.2, 0) is 11.3 Å². The summed E-state index contributed by atoms with van der Waals surface area (Å²) in [5.74, 6) is -1.16. The van der Waals surface area contributed by atoms with Gasteiger partial charge in [-0.05, 0) is 48.7 Å². The minimum atomic E-state index is -0.984. The highest BCUT2D eigenvalue weighted by molar-refractivity contribution is 5.97. The fourth-order valence-electron chi connectivity index (χ4n) is 3.40. The van der Waals surface area contributed by atoms with Crippen LogP contribution in [0.4, 0.5) is 5.69 Å². The van der Waals surface area contributed by atoms with E-state index in [0.29, 0.717) is 11.3 Å². The van der Waals surface area contributed by atoms with Gasteiger partial charge in [0.25, 0.3) is 5.91 Å². The van der Waals surface area contributed by atoms with E-state index in [1.165, 1.54) is 18.6 Å². The van der Waals surface area contributed by atoms with Gasteiger partial charge in [-0.2, -0.15) is 0 Å². The molecule has 146 valence electrons. The molecule has 2 amide bonds. The topological polar surface area (TPSA) is 95.5 Å². The van der Waals surface area contributed by atoms with Crippen LogP contribution in [0.25, 0.3) is 0 Å². The lowest BCUT2D eigenvalue weighted by Crippen LogP contribution is -2.25. The van der Waals surface area contributed by atoms with Crippen molar-refractivity contribution in [2.45, 2.75) is 38.6 Å². The monoisotopic (exact) mass is 380 g/mol.